The molecule has 22 heavy (non-hydrogen) atoms. The number of amides is 1. The molecule has 2 heterocycles. The topological polar surface area (TPSA) is 108 Å². The third-order valence-corrected chi connectivity index (χ3v) is 3.05. The fourth-order valence-corrected chi connectivity index (χ4v) is 2.06. The van der Waals surface area contributed by atoms with E-state index >= 15 is 0 Å². The van der Waals surface area contributed by atoms with Crippen LogP contribution in [0.3, 0.4) is 0 Å². The number of aryl methyl sites for hydroxylation is 1. The Hall–Kier alpha value is -3.09. The second-order valence-corrected chi connectivity index (χ2v) is 4.74. The number of nitrogens with zero attached hydrogens (tertiary/aromatic N) is 4. The molecule has 0 atom stereocenters. The lowest BCUT2D eigenvalue weighted by molar-refractivity contribution is 0.0994. The average molecular weight is 295 g/mol. The molecule has 0 spiro atoms. The van der Waals surface area contributed by atoms with E-state index in [9.17, 15) is 4.79 Å². The zero-order valence-corrected chi connectivity index (χ0v) is 11.9. The summed E-state index contributed by atoms with van der Waals surface area (Å²) >= 11 is 0. The normalized spacial score (nSPS) is 10.6. The zero-order chi connectivity index (χ0) is 15.5. The van der Waals surface area contributed by atoms with E-state index in [1.54, 1.807) is 13.1 Å². The summed E-state index contributed by atoms with van der Waals surface area (Å²) in [5, 5.41) is 3.68. The van der Waals surface area contributed by atoms with Crippen LogP contribution >= 0.6 is 0 Å². The Morgan fingerprint density at radius 3 is 2.64 bits per heavy atom. The highest BCUT2D eigenvalue weighted by atomic mass is 16.5. The van der Waals surface area contributed by atoms with Crippen LogP contribution in [0.15, 0.2) is 41.1 Å². The lowest BCUT2D eigenvalue weighted by Crippen LogP contribution is -2.17. The Balaban J connectivity index is 1.99. The third kappa shape index (κ3) is 2.83. The molecule has 0 fully saturated rings. The average Bonchev–Trinajstić information content (AvgIpc) is 2.95. The van der Waals surface area contributed by atoms with Gasteiger partial charge in [-0.1, -0.05) is 35.5 Å². The van der Waals surface area contributed by atoms with Crippen LogP contribution in [0.25, 0.3) is 11.7 Å². The van der Waals surface area contributed by atoms with E-state index in [1.165, 1.54) is 0 Å². The molecule has 3 aromatic rings. The molecule has 0 saturated carbocycles. The molecule has 2 aromatic heterocycles. The molecule has 1 amide bonds. The standard InChI is InChI=1S/C15H13N5O2/c1-9-18-15(22-20-9)14-17-8-11(12(19-14)13(16)21)7-10-5-3-2-4-6-10/h2-6,8H,7H2,1H3,(H2,16,21). The summed E-state index contributed by atoms with van der Waals surface area (Å²) in [7, 11) is 0. The van der Waals surface area contributed by atoms with Crippen LogP contribution < -0.4 is 5.73 Å². The molecule has 110 valence electrons. The number of hydrogen-bond acceptors (Lipinski definition) is 6. The fraction of sp³-hybridized carbons (Fsp3) is 0.133. The molecule has 0 radical (unpaired) electrons. The van der Waals surface area contributed by atoms with Crippen LogP contribution in [-0.2, 0) is 6.42 Å². The Morgan fingerprint density at radius 1 is 1.23 bits per heavy atom. The highest BCUT2D eigenvalue weighted by Gasteiger charge is 2.17. The first-order chi connectivity index (χ1) is 10.6. The molecule has 2 N–H and O–H groups in total. The Bertz CT molecular complexity index is 814. The van der Waals surface area contributed by atoms with Gasteiger partial charge in [0, 0.05) is 18.2 Å². The molecule has 3 rings (SSSR count). The second kappa shape index (κ2) is 5.72. The first-order valence-corrected chi connectivity index (χ1v) is 6.64. The zero-order valence-electron chi connectivity index (χ0n) is 11.9. The van der Waals surface area contributed by atoms with E-state index in [4.69, 9.17) is 10.3 Å². The maximum Gasteiger partial charge on any atom is 0.295 e. The molecule has 0 aliphatic heterocycles. The highest BCUT2D eigenvalue weighted by Crippen LogP contribution is 2.17. The van der Waals surface area contributed by atoms with Crippen molar-refractivity contribution in [3.8, 4) is 11.7 Å². The summed E-state index contributed by atoms with van der Waals surface area (Å²) in [6.07, 6.45) is 2.08. The maximum absolute atomic E-state index is 11.7. The number of rotatable bonds is 4. The van der Waals surface area contributed by atoms with Crippen LogP contribution in [-0.4, -0.2) is 26.0 Å². The Kier molecular flexibility index (Phi) is 3.61. The van der Waals surface area contributed by atoms with Crippen molar-refractivity contribution in [3.05, 3.63) is 59.2 Å². The van der Waals surface area contributed by atoms with Gasteiger partial charge < -0.3 is 10.3 Å². The van der Waals surface area contributed by atoms with Gasteiger partial charge >= 0.3 is 0 Å². The molecular formula is C15H13N5O2. The SMILES string of the molecule is Cc1noc(-c2ncc(Cc3ccccc3)c(C(N)=O)n2)n1. The van der Waals surface area contributed by atoms with E-state index in [0.29, 0.717) is 17.8 Å². The maximum atomic E-state index is 11.7. The van der Waals surface area contributed by atoms with Crippen molar-refractivity contribution in [1.82, 2.24) is 20.1 Å². The molecular weight excluding hydrogens is 282 g/mol. The van der Waals surface area contributed by atoms with Crippen molar-refractivity contribution < 1.29 is 9.32 Å². The van der Waals surface area contributed by atoms with Crippen molar-refractivity contribution in [2.24, 2.45) is 5.73 Å². The number of hydrogen-bond donors (Lipinski definition) is 1. The summed E-state index contributed by atoms with van der Waals surface area (Å²) in [5.74, 6) is 0.191. The lowest BCUT2D eigenvalue weighted by atomic mass is 10.0. The fourth-order valence-electron chi connectivity index (χ4n) is 2.06. The van der Waals surface area contributed by atoms with Crippen LogP contribution in [0.4, 0.5) is 0 Å². The number of carbonyl (C=O) groups is 1. The van der Waals surface area contributed by atoms with E-state index in [2.05, 4.69) is 20.1 Å². The van der Waals surface area contributed by atoms with E-state index in [-0.39, 0.29) is 17.4 Å². The minimum absolute atomic E-state index is 0.157. The number of carbonyl (C=O) groups excluding carboxylic acids is 1. The van der Waals surface area contributed by atoms with Gasteiger partial charge in [0.2, 0.25) is 5.82 Å². The summed E-state index contributed by atoms with van der Waals surface area (Å²) in [4.78, 5) is 24.1. The molecule has 7 heteroatoms. The first-order valence-electron chi connectivity index (χ1n) is 6.64. The van der Waals surface area contributed by atoms with Crippen molar-refractivity contribution in [2.45, 2.75) is 13.3 Å². The summed E-state index contributed by atoms with van der Waals surface area (Å²) < 4.78 is 5.00. The molecule has 7 nitrogen and oxygen atoms in total. The van der Waals surface area contributed by atoms with Crippen molar-refractivity contribution in [1.29, 1.82) is 0 Å². The molecule has 0 aliphatic rings. The molecule has 1 aromatic carbocycles. The molecule has 0 saturated heterocycles. The summed E-state index contributed by atoms with van der Waals surface area (Å²) in [6.45, 7) is 1.69. The molecule has 0 aliphatic carbocycles. The Labute approximate surface area is 126 Å². The number of primary amides is 1. The van der Waals surface area contributed by atoms with Crippen LogP contribution in [0.2, 0.25) is 0 Å². The lowest BCUT2D eigenvalue weighted by Gasteiger charge is -2.06. The number of benzene rings is 1. The summed E-state index contributed by atoms with van der Waals surface area (Å²) in [6, 6.07) is 9.70. The predicted octanol–water partition coefficient (Wildman–Crippen LogP) is 1.52. The monoisotopic (exact) mass is 295 g/mol. The van der Waals surface area contributed by atoms with Gasteiger partial charge in [0.1, 0.15) is 5.69 Å². The van der Waals surface area contributed by atoms with Gasteiger partial charge in [-0.05, 0) is 12.5 Å². The van der Waals surface area contributed by atoms with Crippen LogP contribution in [0, 0.1) is 6.92 Å². The molecule has 0 unspecified atom stereocenters. The van der Waals surface area contributed by atoms with Crippen LogP contribution in [0.1, 0.15) is 27.4 Å². The van der Waals surface area contributed by atoms with Crippen molar-refractivity contribution >= 4 is 5.91 Å². The van der Waals surface area contributed by atoms with Crippen molar-refractivity contribution in [3.63, 3.8) is 0 Å². The van der Waals surface area contributed by atoms with Gasteiger partial charge in [-0.2, -0.15) is 4.98 Å². The quantitative estimate of drug-likeness (QED) is 0.782. The van der Waals surface area contributed by atoms with Gasteiger partial charge in [-0.25, -0.2) is 9.97 Å². The van der Waals surface area contributed by atoms with Gasteiger partial charge in [0.05, 0.1) is 0 Å². The van der Waals surface area contributed by atoms with Gasteiger partial charge in [0.15, 0.2) is 5.82 Å². The number of aromatic nitrogens is 4. The molecule has 0 bridgehead atoms. The van der Waals surface area contributed by atoms with E-state index in [0.717, 1.165) is 5.56 Å². The summed E-state index contributed by atoms with van der Waals surface area (Å²) in [5.41, 5.74) is 7.27. The van der Waals surface area contributed by atoms with Gasteiger partial charge in [0.25, 0.3) is 11.8 Å². The number of nitrogens with two attached hydrogens (primary N) is 1. The highest BCUT2D eigenvalue weighted by molar-refractivity contribution is 5.92. The van der Waals surface area contributed by atoms with Crippen LogP contribution in [0.5, 0.6) is 0 Å². The van der Waals surface area contributed by atoms with E-state index in [1.807, 2.05) is 30.3 Å². The second-order valence-electron chi connectivity index (χ2n) is 4.74. The minimum atomic E-state index is -0.620. The van der Waals surface area contributed by atoms with Gasteiger partial charge in [-0.15, -0.1) is 0 Å². The van der Waals surface area contributed by atoms with Gasteiger partial charge in [-0.3, -0.25) is 4.79 Å². The van der Waals surface area contributed by atoms with Crippen molar-refractivity contribution in [2.75, 3.05) is 0 Å². The predicted molar refractivity (Wildman–Crippen MR) is 77.8 cm³/mol. The minimum Gasteiger partial charge on any atom is -0.364 e. The first kappa shape index (κ1) is 13.9. The third-order valence-electron chi connectivity index (χ3n) is 3.05. The smallest absolute Gasteiger partial charge is 0.295 e. The largest absolute Gasteiger partial charge is 0.364 e. The Morgan fingerprint density at radius 2 is 2.00 bits per heavy atom. The van der Waals surface area contributed by atoms with E-state index < -0.39 is 5.91 Å².